The highest BCUT2D eigenvalue weighted by molar-refractivity contribution is 6.31. The topological polar surface area (TPSA) is 39.1 Å². The van der Waals surface area contributed by atoms with Crippen LogP contribution in [0.25, 0.3) is 0 Å². The Morgan fingerprint density at radius 1 is 1.50 bits per heavy atom. The zero-order chi connectivity index (χ0) is 14.4. The van der Waals surface area contributed by atoms with Crippen molar-refractivity contribution >= 4 is 11.6 Å². The first-order chi connectivity index (χ1) is 9.76. The van der Waals surface area contributed by atoms with E-state index in [2.05, 4.69) is 24.3 Å². The number of rotatable bonds is 8. The van der Waals surface area contributed by atoms with Crippen LogP contribution in [0.3, 0.4) is 0 Å². The third-order valence-electron chi connectivity index (χ3n) is 3.76. The number of ether oxygens (including phenoxy) is 1. The van der Waals surface area contributed by atoms with E-state index >= 15 is 0 Å². The molecular weight excluding hydrogens is 274 g/mol. The van der Waals surface area contributed by atoms with Crippen LogP contribution in [-0.2, 0) is 11.3 Å². The summed E-state index contributed by atoms with van der Waals surface area (Å²) in [5.41, 5.74) is 1.12. The third kappa shape index (κ3) is 3.96. The monoisotopic (exact) mass is 299 g/mol. The highest BCUT2D eigenvalue weighted by Gasteiger charge is 2.25. The molecule has 5 heteroatoms. The average molecular weight is 300 g/mol. The van der Waals surface area contributed by atoms with Gasteiger partial charge in [0.15, 0.2) is 0 Å². The van der Waals surface area contributed by atoms with Crippen LogP contribution < -0.4 is 5.32 Å². The molecule has 0 bridgehead atoms. The quantitative estimate of drug-likeness (QED) is 0.798. The van der Waals surface area contributed by atoms with Crippen molar-refractivity contribution in [2.45, 2.75) is 64.6 Å². The summed E-state index contributed by atoms with van der Waals surface area (Å²) in [5, 5.41) is 8.79. The second kappa shape index (κ2) is 8.01. The Bertz CT molecular complexity index is 402. The van der Waals surface area contributed by atoms with E-state index in [0.29, 0.717) is 6.10 Å². The van der Waals surface area contributed by atoms with Crippen molar-refractivity contribution in [2.24, 2.45) is 0 Å². The van der Waals surface area contributed by atoms with Crippen LogP contribution >= 0.6 is 11.6 Å². The Labute approximate surface area is 126 Å². The molecule has 0 spiro atoms. The van der Waals surface area contributed by atoms with Gasteiger partial charge in [0.25, 0.3) is 0 Å². The van der Waals surface area contributed by atoms with Crippen molar-refractivity contribution in [1.29, 1.82) is 0 Å². The summed E-state index contributed by atoms with van der Waals surface area (Å²) in [6.45, 7) is 7.14. The molecule has 114 valence electrons. The lowest BCUT2D eigenvalue weighted by molar-refractivity contribution is 0.0936. The van der Waals surface area contributed by atoms with Crippen LogP contribution in [0.1, 0.15) is 57.7 Å². The SMILES string of the molecule is CCCNC(CC1CCCO1)c1c(Cl)cnn1CCC. The molecule has 0 aliphatic carbocycles. The number of hydrogen-bond donors (Lipinski definition) is 1. The van der Waals surface area contributed by atoms with Gasteiger partial charge in [0.2, 0.25) is 0 Å². The van der Waals surface area contributed by atoms with E-state index in [9.17, 15) is 0 Å². The van der Waals surface area contributed by atoms with Gasteiger partial charge in [-0.15, -0.1) is 0 Å². The summed E-state index contributed by atoms with van der Waals surface area (Å²) >= 11 is 6.38. The van der Waals surface area contributed by atoms with E-state index in [1.165, 1.54) is 6.42 Å². The molecule has 0 radical (unpaired) electrons. The maximum atomic E-state index is 6.38. The first-order valence-electron chi connectivity index (χ1n) is 7.82. The largest absolute Gasteiger partial charge is 0.378 e. The van der Waals surface area contributed by atoms with Gasteiger partial charge < -0.3 is 10.1 Å². The van der Waals surface area contributed by atoms with Gasteiger partial charge in [-0.3, -0.25) is 4.68 Å². The van der Waals surface area contributed by atoms with E-state index < -0.39 is 0 Å². The van der Waals surface area contributed by atoms with E-state index in [0.717, 1.165) is 56.1 Å². The van der Waals surface area contributed by atoms with Gasteiger partial charge >= 0.3 is 0 Å². The number of hydrogen-bond acceptors (Lipinski definition) is 3. The predicted molar refractivity (Wildman–Crippen MR) is 82.2 cm³/mol. The lowest BCUT2D eigenvalue weighted by Gasteiger charge is -2.23. The van der Waals surface area contributed by atoms with E-state index in [1.807, 2.05) is 4.68 Å². The minimum absolute atomic E-state index is 0.236. The zero-order valence-electron chi connectivity index (χ0n) is 12.6. The van der Waals surface area contributed by atoms with Crippen molar-refractivity contribution in [3.63, 3.8) is 0 Å². The smallest absolute Gasteiger partial charge is 0.0834 e. The number of nitrogens with zero attached hydrogens (tertiary/aromatic N) is 2. The Morgan fingerprint density at radius 2 is 2.35 bits per heavy atom. The molecule has 1 fully saturated rings. The van der Waals surface area contributed by atoms with Gasteiger partial charge in [0.1, 0.15) is 0 Å². The maximum Gasteiger partial charge on any atom is 0.0834 e. The van der Waals surface area contributed by atoms with Gasteiger partial charge in [-0.25, -0.2) is 0 Å². The first kappa shape index (κ1) is 15.8. The van der Waals surface area contributed by atoms with Crippen LogP contribution in [0.15, 0.2) is 6.20 Å². The molecule has 20 heavy (non-hydrogen) atoms. The normalized spacial score (nSPS) is 20.4. The molecule has 1 aliphatic rings. The molecule has 2 heterocycles. The fraction of sp³-hybridized carbons (Fsp3) is 0.800. The second-order valence-electron chi connectivity index (χ2n) is 5.48. The summed E-state index contributed by atoms with van der Waals surface area (Å²) in [5.74, 6) is 0. The zero-order valence-corrected chi connectivity index (χ0v) is 13.3. The molecule has 0 aromatic carbocycles. The van der Waals surface area contributed by atoms with Gasteiger partial charge in [0.05, 0.1) is 29.1 Å². The fourth-order valence-electron chi connectivity index (χ4n) is 2.81. The highest BCUT2D eigenvalue weighted by Crippen LogP contribution is 2.29. The second-order valence-corrected chi connectivity index (χ2v) is 5.89. The molecule has 0 amide bonds. The summed E-state index contributed by atoms with van der Waals surface area (Å²) < 4.78 is 7.83. The number of aromatic nitrogens is 2. The van der Waals surface area contributed by atoms with Crippen LogP contribution in [0, 0.1) is 0 Å². The molecule has 1 aromatic rings. The molecule has 1 aliphatic heterocycles. The molecule has 0 saturated carbocycles. The molecule has 4 nitrogen and oxygen atoms in total. The average Bonchev–Trinajstić information content (AvgIpc) is 3.06. The van der Waals surface area contributed by atoms with E-state index in [-0.39, 0.29) is 6.04 Å². The third-order valence-corrected chi connectivity index (χ3v) is 4.05. The van der Waals surface area contributed by atoms with E-state index in [1.54, 1.807) is 6.20 Å². The summed E-state index contributed by atoms with van der Waals surface area (Å²) in [6, 6.07) is 0.236. The van der Waals surface area contributed by atoms with Crippen LogP contribution in [0.4, 0.5) is 0 Å². The molecule has 2 atom stereocenters. The molecule has 1 aromatic heterocycles. The molecular formula is C15H26ClN3O. The lowest BCUT2D eigenvalue weighted by Crippen LogP contribution is -2.28. The fourth-order valence-corrected chi connectivity index (χ4v) is 3.08. The van der Waals surface area contributed by atoms with Gasteiger partial charge in [0, 0.05) is 13.2 Å². The summed E-state index contributed by atoms with van der Waals surface area (Å²) in [6.07, 6.45) is 7.60. The Kier molecular flexibility index (Phi) is 6.33. The van der Waals surface area contributed by atoms with Crippen molar-refractivity contribution in [3.05, 3.63) is 16.9 Å². The minimum Gasteiger partial charge on any atom is -0.378 e. The highest BCUT2D eigenvalue weighted by atomic mass is 35.5. The van der Waals surface area contributed by atoms with Crippen LogP contribution in [0.2, 0.25) is 5.02 Å². The number of aryl methyl sites for hydroxylation is 1. The summed E-state index contributed by atoms with van der Waals surface area (Å²) in [7, 11) is 0. The van der Waals surface area contributed by atoms with Crippen molar-refractivity contribution in [1.82, 2.24) is 15.1 Å². The Balaban J connectivity index is 2.13. The van der Waals surface area contributed by atoms with Gasteiger partial charge in [-0.2, -0.15) is 5.10 Å². The lowest BCUT2D eigenvalue weighted by atomic mass is 10.0. The molecule has 1 N–H and O–H groups in total. The van der Waals surface area contributed by atoms with Gasteiger partial charge in [-0.05, 0) is 38.6 Å². The summed E-state index contributed by atoms with van der Waals surface area (Å²) in [4.78, 5) is 0. The Morgan fingerprint density at radius 3 is 3.00 bits per heavy atom. The predicted octanol–water partition coefficient (Wildman–Crippen LogP) is 3.56. The van der Waals surface area contributed by atoms with E-state index in [4.69, 9.17) is 16.3 Å². The van der Waals surface area contributed by atoms with Crippen molar-refractivity contribution in [3.8, 4) is 0 Å². The number of halogens is 1. The first-order valence-corrected chi connectivity index (χ1v) is 8.20. The molecule has 2 rings (SSSR count). The molecule has 1 saturated heterocycles. The van der Waals surface area contributed by atoms with Gasteiger partial charge in [-0.1, -0.05) is 25.4 Å². The van der Waals surface area contributed by atoms with Crippen LogP contribution in [0.5, 0.6) is 0 Å². The molecule has 2 unspecified atom stereocenters. The van der Waals surface area contributed by atoms with Crippen molar-refractivity contribution < 1.29 is 4.74 Å². The minimum atomic E-state index is 0.236. The number of nitrogens with one attached hydrogen (secondary N) is 1. The van der Waals surface area contributed by atoms with Crippen LogP contribution in [-0.4, -0.2) is 29.0 Å². The Hall–Kier alpha value is -0.580. The van der Waals surface area contributed by atoms with Crippen molar-refractivity contribution in [2.75, 3.05) is 13.2 Å². The standard InChI is InChI=1S/C15H26ClN3O/c1-3-7-17-14(10-12-6-5-9-20-12)15-13(16)11-18-19(15)8-4-2/h11-12,14,17H,3-10H2,1-2H3. The maximum absolute atomic E-state index is 6.38.